The third-order valence-corrected chi connectivity index (χ3v) is 5.79. The Hall–Kier alpha value is -3.42. The molecule has 4 aromatic rings. The number of hydrogen-bond acceptors (Lipinski definition) is 6. The van der Waals surface area contributed by atoms with Crippen molar-refractivity contribution < 1.29 is 0 Å². The highest BCUT2D eigenvalue weighted by Crippen LogP contribution is 2.27. The van der Waals surface area contributed by atoms with E-state index in [0.717, 1.165) is 47.7 Å². The lowest BCUT2D eigenvalue weighted by Crippen LogP contribution is -2.07. The van der Waals surface area contributed by atoms with E-state index in [-0.39, 0.29) is 0 Å². The zero-order valence-electron chi connectivity index (χ0n) is 19.0. The molecule has 0 saturated heterocycles. The number of benzene rings is 1. The summed E-state index contributed by atoms with van der Waals surface area (Å²) in [6, 6.07) is 12.3. The van der Waals surface area contributed by atoms with Gasteiger partial charge in [0.1, 0.15) is 5.82 Å². The highest BCUT2D eigenvalue weighted by atomic mass is 15.5. The number of nitrogens with one attached hydrogen (secondary N) is 1. The Balaban J connectivity index is 1.57. The fourth-order valence-electron chi connectivity index (χ4n) is 3.67. The first-order valence-corrected chi connectivity index (χ1v) is 11.4. The van der Waals surface area contributed by atoms with E-state index in [1.807, 2.05) is 12.1 Å². The number of aromatic nitrogens is 8. The van der Waals surface area contributed by atoms with Crippen molar-refractivity contribution in [2.75, 3.05) is 0 Å². The van der Waals surface area contributed by atoms with E-state index < -0.39 is 0 Å². The Morgan fingerprint density at radius 2 is 1.91 bits per heavy atom. The zero-order valence-corrected chi connectivity index (χ0v) is 19.0. The van der Waals surface area contributed by atoms with Crippen molar-refractivity contribution in [2.24, 2.45) is 0 Å². The smallest absolute Gasteiger partial charge is 0.181 e. The number of aryl methyl sites for hydroxylation is 1. The van der Waals surface area contributed by atoms with Crippen LogP contribution in [0.3, 0.4) is 0 Å². The summed E-state index contributed by atoms with van der Waals surface area (Å²) in [6.07, 6.45) is 7.36. The van der Waals surface area contributed by atoms with E-state index in [4.69, 9.17) is 10.1 Å². The van der Waals surface area contributed by atoms with Crippen LogP contribution in [0.15, 0.2) is 42.6 Å². The van der Waals surface area contributed by atoms with Crippen molar-refractivity contribution in [3.05, 3.63) is 59.8 Å². The second-order valence-corrected chi connectivity index (χ2v) is 8.16. The van der Waals surface area contributed by atoms with Gasteiger partial charge < -0.3 is 0 Å². The summed E-state index contributed by atoms with van der Waals surface area (Å²) < 4.78 is 2.08. The molecule has 0 aliphatic heterocycles. The SMILES string of the molecule is CCCCCc1nc(C(C)CC)nn1Cc1ccc(-c2ncccc2-c2nnn[nH]2)cc1. The van der Waals surface area contributed by atoms with Gasteiger partial charge in [0, 0.05) is 29.7 Å². The third-order valence-electron chi connectivity index (χ3n) is 5.79. The Kier molecular flexibility index (Phi) is 6.99. The quantitative estimate of drug-likeness (QED) is 0.362. The van der Waals surface area contributed by atoms with Gasteiger partial charge in [0.25, 0.3) is 0 Å². The van der Waals surface area contributed by atoms with Gasteiger partial charge in [-0.1, -0.05) is 57.9 Å². The molecule has 166 valence electrons. The summed E-state index contributed by atoms with van der Waals surface area (Å²) in [7, 11) is 0. The van der Waals surface area contributed by atoms with Crippen molar-refractivity contribution in [1.82, 2.24) is 40.4 Å². The molecule has 0 aliphatic rings. The number of unbranched alkanes of at least 4 members (excludes halogenated alkanes) is 2. The molecular weight excluding hydrogens is 400 g/mol. The number of nitrogens with zero attached hydrogens (tertiary/aromatic N) is 7. The Morgan fingerprint density at radius 1 is 1.06 bits per heavy atom. The van der Waals surface area contributed by atoms with Crippen LogP contribution in [0, 0.1) is 0 Å². The molecule has 8 nitrogen and oxygen atoms in total. The molecule has 0 fully saturated rings. The van der Waals surface area contributed by atoms with Crippen LogP contribution in [0.4, 0.5) is 0 Å². The monoisotopic (exact) mass is 430 g/mol. The van der Waals surface area contributed by atoms with Gasteiger partial charge in [-0.05, 0) is 41.0 Å². The highest BCUT2D eigenvalue weighted by Gasteiger charge is 2.15. The van der Waals surface area contributed by atoms with Crippen molar-refractivity contribution in [1.29, 1.82) is 0 Å². The molecule has 0 spiro atoms. The molecule has 32 heavy (non-hydrogen) atoms. The van der Waals surface area contributed by atoms with Gasteiger partial charge in [-0.3, -0.25) is 4.98 Å². The number of rotatable bonds is 10. The first-order valence-electron chi connectivity index (χ1n) is 11.4. The average Bonchev–Trinajstić information content (AvgIpc) is 3.50. The first-order chi connectivity index (χ1) is 15.7. The Bertz CT molecular complexity index is 1120. The van der Waals surface area contributed by atoms with Crippen LogP contribution in [0.5, 0.6) is 0 Å². The largest absolute Gasteiger partial charge is 0.255 e. The van der Waals surface area contributed by atoms with Crippen molar-refractivity contribution in [3.8, 4) is 22.6 Å². The van der Waals surface area contributed by atoms with Gasteiger partial charge in [0.2, 0.25) is 0 Å². The van der Waals surface area contributed by atoms with Crippen LogP contribution in [0.25, 0.3) is 22.6 Å². The summed E-state index contributed by atoms with van der Waals surface area (Å²) in [5.74, 6) is 3.02. The predicted molar refractivity (Wildman–Crippen MR) is 124 cm³/mol. The molecule has 1 aromatic carbocycles. The molecular formula is C24H30N8. The van der Waals surface area contributed by atoms with E-state index in [9.17, 15) is 0 Å². The van der Waals surface area contributed by atoms with Crippen LogP contribution < -0.4 is 0 Å². The number of tetrazole rings is 1. The minimum atomic E-state index is 0.372. The van der Waals surface area contributed by atoms with Gasteiger partial charge in [-0.15, -0.1) is 5.10 Å². The topological polar surface area (TPSA) is 98.1 Å². The van der Waals surface area contributed by atoms with Crippen molar-refractivity contribution in [2.45, 2.75) is 65.3 Å². The predicted octanol–water partition coefficient (Wildman–Crippen LogP) is 4.81. The molecule has 0 bridgehead atoms. The molecule has 0 amide bonds. The molecule has 1 unspecified atom stereocenters. The van der Waals surface area contributed by atoms with Gasteiger partial charge in [0.05, 0.1) is 12.2 Å². The lowest BCUT2D eigenvalue weighted by molar-refractivity contribution is 0.596. The molecule has 3 heterocycles. The fraction of sp³-hybridized carbons (Fsp3) is 0.417. The maximum Gasteiger partial charge on any atom is 0.181 e. The number of aromatic amines is 1. The van der Waals surface area contributed by atoms with Crippen LogP contribution in [-0.2, 0) is 13.0 Å². The lowest BCUT2D eigenvalue weighted by atomic mass is 10.0. The minimum absolute atomic E-state index is 0.372. The highest BCUT2D eigenvalue weighted by molar-refractivity contribution is 5.76. The molecule has 3 aromatic heterocycles. The molecule has 1 atom stereocenters. The van der Waals surface area contributed by atoms with Crippen molar-refractivity contribution in [3.63, 3.8) is 0 Å². The summed E-state index contributed by atoms with van der Waals surface area (Å²) in [6.45, 7) is 7.31. The van der Waals surface area contributed by atoms with Crippen molar-refractivity contribution >= 4 is 0 Å². The third kappa shape index (κ3) is 4.90. The van der Waals surface area contributed by atoms with E-state index >= 15 is 0 Å². The lowest BCUT2D eigenvalue weighted by Gasteiger charge is -2.09. The van der Waals surface area contributed by atoms with E-state index in [1.54, 1.807) is 6.20 Å². The van der Waals surface area contributed by atoms with Gasteiger partial charge >= 0.3 is 0 Å². The number of pyridine rings is 1. The summed E-state index contributed by atoms with van der Waals surface area (Å²) >= 11 is 0. The maximum absolute atomic E-state index is 4.87. The second kappa shape index (κ2) is 10.3. The summed E-state index contributed by atoms with van der Waals surface area (Å²) in [4.78, 5) is 9.44. The van der Waals surface area contributed by atoms with Gasteiger partial charge in [-0.2, -0.15) is 5.10 Å². The van der Waals surface area contributed by atoms with E-state index in [1.165, 1.54) is 18.4 Å². The van der Waals surface area contributed by atoms with Gasteiger partial charge in [0.15, 0.2) is 11.6 Å². The normalized spacial score (nSPS) is 12.2. The summed E-state index contributed by atoms with van der Waals surface area (Å²) in [5.41, 5.74) is 3.92. The Morgan fingerprint density at radius 3 is 2.62 bits per heavy atom. The molecule has 0 saturated carbocycles. The minimum Gasteiger partial charge on any atom is -0.255 e. The Labute approximate surface area is 188 Å². The van der Waals surface area contributed by atoms with Crippen LogP contribution >= 0.6 is 0 Å². The van der Waals surface area contributed by atoms with E-state index in [0.29, 0.717) is 18.3 Å². The second-order valence-electron chi connectivity index (χ2n) is 8.16. The van der Waals surface area contributed by atoms with E-state index in [2.05, 4.69) is 75.3 Å². The van der Waals surface area contributed by atoms with Crippen LogP contribution in [0.2, 0.25) is 0 Å². The maximum atomic E-state index is 4.87. The molecule has 8 heteroatoms. The zero-order chi connectivity index (χ0) is 22.3. The molecule has 0 aliphatic carbocycles. The number of H-pyrrole nitrogens is 1. The number of hydrogen-bond donors (Lipinski definition) is 1. The van der Waals surface area contributed by atoms with Gasteiger partial charge in [-0.25, -0.2) is 14.8 Å². The first kappa shape index (κ1) is 21.8. The fourth-order valence-corrected chi connectivity index (χ4v) is 3.67. The average molecular weight is 431 g/mol. The standard InChI is InChI=1S/C24H30N8/c1-4-6-7-10-21-26-23(17(3)5-2)29-32(21)16-18-11-13-19(14-12-18)22-20(9-8-15-25-22)24-27-30-31-28-24/h8-9,11-15,17H,4-7,10,16H2,1-3H3,(H,27,28,30,31). The molecule has 0 radical (unpaired) electrons. The molecule has 4 rings (SSSR count). The summed E-state index contributed by atoms with van der Waals surface area (Å²) in [5, 5.41) is 19.1. The molecule has 1 N–H and O–H groups in total. The van der Waals surface area contributed by atoms with Crippen LogP contribution in [-0.4, -0.2) is 40.4 Å². The van der Waals surface area contributed by atoms with Crippen LogP contribution in [0.1, 0.15) is 69.6 Å².